The van der Waals surface area contributed by atoms with Gasteiger partial charge in [-0.25, -0.2) is 0 Å². The maximum Gasteiger partial charge on any atom is 0.232 e. The van der Waals surface area contributed by atoms with Crippen LogP contribution in [-0.2, 0) is 10.5 Å². The number of hydrogen-bond acceptors (Lipinski definition) is 3. The molecule has 1 aliphatic rings. The van der Waals surface area contributed by atoms with Gasteiger partial charge in [0, 0.05) is 31.9 Å². The summed E-state index contributed by atoms with van der Waals surface area (Å²) in [6, 6.07) is 10.3. The Morgan fingerprint density at radius 1 is 1.24 bits per heavy atom. The highest BCUT2D eigenvalue weighted by atomic mass is 32.2. The average Bonchev–Trinajstić information content (AvgIpc) is 2.41. The Balaban J connectivity index is 1.69. The number of benzene rings is 1. The number of nitrogens with zero attached hydrogens (tertiary/aromatic N) is 1. The Morgan fingerprint density at radius 2 is 1.94 bits per heavy atom. The van der Waals surface area contributed by atoms with Crippen LogP contribution in [0.5, 0.6) is 0 Å². The molecule has 0 unspecified atom stereocenters. The van der Waals surface area contributed by atoms with E-state index < -0.39 is 0 Å². The van der Waals surface area contributed by atoms with E-state index in [4.69, 9.17) is 0 Å². The van der Waals surface area contributed by atoms with Gasteiger partial charge in [0.1, 0.15) is 0 Å². The van der Waals surface area contributed by atoms with Crippen LogP contribution in [0.1, 0.15) is 5.56 Å². The molecule has 17 heavy (non-hydrogen) atoms. The molecule has 1 saturated heterocycles. The van der Waals surface area contributed by atoms with Crippen molar-refractivity contribution in [3.8, 4) is 0 Å². The predicted octanol–water partition coefficient (Wildman–Crippen LogP) is 1.35. The lowest BCUT2D eigenvalue weighted by molar-refractivity contribution is -0.128. The Labute approximate surface area is 107 Å². The molecule has 4 heteroatoms. The van der Waals surface area contributed by atoms with E-state index in [9.17, 15) is 4.79 Å². The fourth-order valence-corrected chi connectivity index (χ4v) is 2.72. The maximum absolute atomic E-state index is 11.9. The molecule has 1 aromatic rings. The fourth-order valence-electron chi connectivity index (χ4n) is 1.84. The van der Waals surface area contributed by atoms with E-state index in [1.807, 2.05) is 23.1 Å². The van der Waals surface area contributed by atoms with E-state index in [2.05, 4.69) is 17.4 Å². The molecule has 3 nitrogen and oxygen atoms in total. The van der Waals surface area contributed by atoms with Crippen LogP contribution in [0.15, 0.2) is 30.3 Å². The van der Waals surface area contributed by atoms with Crippen molar-refractivity contribution in [3.05, 3.63) is 35.9 Å². The van der Waals surface area contributed by atoms with Crippen LogP contribution in [0.2, 0.25) is 0 Å². The summed E-state index contributed by atoms with van der Waals surface area (Å²) in [4.78, 5) is 13.8. The third-order valence-electron chi connectivity index (χ3n) is 2.81. The molecule has 1 heterocycles. The molecule has 1 fully saturated rings. The summed E-state index contributed by atoms with van der Waals surface area (Å²) in [5.74, 6) is 1.78. The third-order valence-corrected chi connectivity index (χ3v) is 3.80. The minimum atomic E-state index is 0.271. The highest BCUT2D eigenvalue weighted by molar-refractivity contribution is 7.99. The first-order valence-electron chi connectivity index (χ1n) is 5.96. The molecule has 0 spiro atoms. The molecule has 0 bridgehead atoms. The van der Waals surface area contributed by atoms with E-state index in [0.29, 0.717) is 5.75 Å². The zero-order valence-corrected chi connectivity index (χ0v) is 10.7. The molecule has 1 aliphatic heterocycles. The van der Waals surface area contributed by atoms with Crippen molar-refractivity contribution in [2.24, 2.45) is 0 Å². The van der Waals surface area contributed by atoms with E-state index >= 15 is 0 Å². The van der Waals surface area contributed by atoms with Gasteiger partial charge < -0.3 is 10.2 Å². The third kappa shape index (κ3) is 4.06. The van der Waals surface area contributed by atoms with Gasteiger partial charge in [0.15, 0.2) is 0 Å². The molecule has 1 aromatic carbocycles. The largest absolute Gasteiger partial charge is 0.339 e. The number of hydrogen-bond donors (Lipinski definition) is 1. The first-order chi connectivity index (χ1) is 8.36. The van der Waals surface area contributed by atoms with Crippen molar-refractivity contribution in [2.75, 3.05) is 31.9 Å². The lowest BCUT2D eigenvalue weighted by Gasteiger charge is -2.27. The van der Waals surface area contributed by atoms with E-state index in [1.165, 1.54) is 5.56 Å². The molecule has 92 valence electrons. The van der Waals surface area contributed by atoms with E-state index in [-0.39, 0.29) is 5.91 Å². The highest BCUT2D eigenvalue weighted by Gasteiger charge is 2.15. The van der Waals surface area contributed by atoms with Crippen molar-refractivity contribution in [1.82, 2.24) is 10.2 Å². The van der Waals surface area contributed by atoms with Gasteiger partial charge in [0.25, 0.3) is 0 Å². The molecule has 0 aromatic heterocycles. The van der Waals surface area contributed by atoms with Crippen LogP contribution in [0.25, 0.3) is 0 Å². The Bertz CT molecular complexity index is 350. The zero-order chi connectivity index (χ0) is 11.9. The molecule has 0 atom stereocenters. The average molecular weight is 250 g/mol. The normalized spacial score (nSPS) is 15.9. The van der Waals surface area contributed by atoms with Crippen LogP contribution >= 0.6 is 11.8 Å². The molecule has 0 radical (unpaired) electrons. The highest BCUT2D eigenvalue weighted by Crippen LogP contribution is 2.12. The van der Waals surface area contributed by atoms with Crippen molar-refractivity contribution >= 4 is 17.7 Å². The fraction of sp³-hybridized carbons (Fsp3) is 0.462. The van der Waals surface area contributed by atoms with Gasteiger partial charge in [-0.1, -0.05) is 30.3 Å². The van der Waals surface area contributed by atoms with Crippen LogP contribution in [-0.4, -0.2) is 42.7 Å². The predicted molar refractivity (Wildman–Crippen MR) is 72.1 cm³/mol. The number of thioether (sulfide) groups is 1. The van der Waals surface area contributed by atoms with Crippen LogP contribution < -0.4 is 5.32 Å². The topological polar surface area (TPSA) is 32.3 Å². The Morgan fingerprint density at radius 3 is 2.65 bits per heavy atom. The van der Waals surface area contributed by atoms with Crippen molar-refractivity contribution in [2.45, 2.75) is 5.75 Å². The van der Waals surface area contributed by atoms with E-state index in [0.717, 1.165) is 31.9 Å². The SMILES string of the molecule is O=C(CSCc1ccccc1)N1CCNCC1. The minimum Gasteiger partial charge on any atom is -0.339 e. The van der Waals surface area contributed by atoms with Gasteiger partial charge in [-0.2, -0.15) is 0 Å². The summed E-state index contributed by atoms with van der Waals surface area (Å²) >= 11 is 1.70. The number of amides is 1. The first kappa shape index (κ1) is 12.5. The number of rotatable bonds is 4. The van der Waals surface area contributed by atoms with Crippen molar-refractivity contribution in [1.29, 1.82) is 0 Å². The lowest BCUT2D eigenvalue weighted by atomic mass is 10.2. The molecule has 1 amide bonds. The van der Waals surface area contributed by atoms with Gasteiger partial charge in [0.2, 0.25) is 5.91 Å². The van der Waals surface area contributed by atoms with Crippen LogP contribution in [0.4, 0.5) is 0 Å². The molecule has 0 saturated carbocycles. The van der Waals surface area contributed by atoms with Gasteiger partial charge in [-0.15, -0.1) is 11.8 Å². The quantitative estimate of drug-likeness (QED) is 0.875. The number of nitrogens with one attached hydrogen (secondary N) is 1. The van der Waals surface area contributed by atoms with Gasteiger partial charge >= 0.3 is 0 Å². The smallest absolute Gasteiger partial charge is 0.232 e. The second-order valence-corrected chi connectivity index (χ2v) is 5.09. The summed E-state index contributed by atoms with van der Waals surface area (Å²) in [5.41, 5.74) is 1.28. The van der Waals surface area contributed by atoms with Crippen LogP contribution in [0.3, 0.4) is 0 Å². The van der Waals surface area contributed by atoms with E-state index in [1.54, 1.807) is 11.8 Å². The lowest BCUT2D eigenvalue weighted by Crippen LogP contribution is -2.47. The maximum atomic E-state index is 11.9. The molecule has 0 aliphatic carbocycles. The molecular weight excluding hydrogens is 232 g/mol. The van der Waals surface area contributed by atoms with Crippen molar-refractivity contribution in [3.63, 3.8) is 0 Å². The second kappa shape index (κ2) is 6.67. The molecular formula is C13H18N2OS. The standard InChI is InChI=1S/C13H18N2OS/c16-13(15-8-6-14-7-9-15)11-17-10-12-4-2-1-3-5-12/h1-5,14H,6-11H2. The molecule has 1 N–H and O–H groups in total. The Kier molecular flexibility index (Phi) is 4.88. The monoisotopic (exact) mass is 250 g/mol. The summed E-state index contributed by atoms with van der Waals surface area (Å²) in [6.07, 6.45) is 0. The number of carbonyl (C=O) groups excluding carboxylic acids is 1. The summed E-state index contributed by atoms with van der Waals surface area (Å²) in [7, 11) is 0. The van der Waals surface area contributed by atoms with Crippen molar-refractivity contribution < 1.29 is 4.79 Å². The van der Waals surface area contributed by atoms with Gasteiger partial charge in [-0.05, 0) is 5.56 Å². The number of piperazine rings is 1. The molecule has 2 rings (SSSR count). The van der Waals surface area contributed by atoms with Gasteiger partial charge in [0.05, 0.1) is 5.75 Å². The summed E-state index contributed by atoms with van der Waals surface area (Å²) in [5, 5.41) is 3.25. The Hall–Kier alpha value is -1.00. The number of carbonyl (C=O) groups is 1. The van der Waals surface area contributed by atoms with Gasteiger partial charge in [-0.3, -0.25) is 4.79 Å². The zero-order valence-electron chi connectivity index (χ0n) is 9.89. The minimum absolute atomic E-state index is 0.271. The van der Waals surface area contributed by atoms with Crippen LogP contribution in [0, 0.1) is 0 Å². The first-order valence-corrected chi connectivity index (χ1v) is 7.12. The second-order valence-electron chi connectivity index (χ2n) is 4.11. The summed E-state index contributed by atoms with van der Waals surface area (Å²) < 4.78 is 0. The summed E-state index contributed by atoms with van der Waals surface area (Å²) in [6.45, 7) is 3.56.